The summed E-state index contributed by atoms with van der Waals surface area (Å²) in [6.07, 6.45) is 2.32. The topological polar surface area (TPSA) is 54.8 Å². The molecule has 1 aromatic heterocycles. The molecule has 6 nitrogen and oxygen atoms in total. The Bertz CT molecular complexity index is 866. The van der Waals surface area contributed by atoms with Gasteiger partial charge in [-0.15, -0.1) is 0 Å². The van der Waals surface area contributed by atoms with Crippen molar-refractivity contribution in [2.75, 3.05) is 40.3 Å². The Morgan fingerprint density at radius 1 is 1.30 bits per heavy atom. The smallest absolute Gasteiger partial charge is 0.255 e. The number of halogens is 1. The number of aromatic nitrogens is 1. The van der Waals surface area contributed by atoms with Crippen LogP contribution in [0, 0.1) is 5.82 Å². The van der Waals surface area contributed by atoms with Gasteiger partial charge >= 0.3 is 0 Å². The first kappa shape index (κ1) is 19.3. The number of rotatable bonds is 5. The standard InChI is InChI=1S/C20H24FN3O3/c1-22(2)9-8-18-14-23(10-11-27-18)20(26)15-6-7-19(25)24(13-15)17-5-3-4-16(21)12-17/h3-7,12-13,18H,8-11,14H2,1-2H3. The minimum Gasteiger partial charge on any atom is -0.374 e. The van der Waals surface area contributed by atoms with Crippen LogP contribution in [0.1, 0.15) is 16.8 Å². The molecular weight excluding hydrogens is 349 g/mol. The third kappa shape index (κ3) is 4.81. The molecule has 7 heteroatoms. The lowest BCUT2D eigenvalue weighted by Crippen LogP contribution is -2.46. The Hall–Kier alpha value is -2.51. The van der Waals surface area contributed by atoms with E-state index in [2.05, 4.69) is 4.90 Å². The summed E-state index contributed by atoms with van der Waals surface area (Å²) in [7, 11) is 4.00. The lowest BCUT2D eigenvalue weighted by atomic mass is 10.1. The van der Waals surface area contributed by atoms with Gasteiger partial charge in [0.2, 0.25) is 0 Å². The third-order valence-corrected chi connectivity index (χ3v) is 4.57. The molecule has 2 aromatic rings. The molecule has 2 heterocycles. The van der Waals surface area contributed by atoms with Crippen molar-refractivity contribution < 1.29 is 13.9 Å². The zero-order valence-corrected chi connectivity index (χ0v) is 15.6. The lowest BCUT2D eigenvalue weighted by Gasteiger charge is -2.33. The number of benzene rings is 1. The number of amides is 1. The fourth-order valence-corrected chi connectivity index (χ4v) is 3.10. The Balaban J connectivity index is 1.79. The molecule has 0 N–H and O–H groups in total. The van der Waals surface area contributed by atoms with Gasteiger partial charge < -0.3 is 14.5 Å². The Morgan fingerprint density at radius 2 is 2.11 bits per heavy atom. The predicted molar refractivity (Wildman–Crippen MR) is 101 cm³/mol. The van der Waals surface area contributed by atoms with Crippen LogP contribution in [0.15, 0.2) is 47.4 Å². The van der Waals surface area contributed by atoms with Crippen LogP contribution in [0.25, 0.3) is 5.69 Å². The van der Waals surface area contributed by atoms with Crippen LogP contribution in [-0.4, -0.2) is 66.7 Å². The van der Waals surface area contributed by atoms with Gasteiger partial charge in [0.15, 0.2) is 0 Å². The highest BCUT2D eigenvalue weighted by molar-refractivity contribution is 5.94. The molecule has 1 saturated heterocycles. The highest BCUT2D eigenvalue weighted by Crippen LogP contribution is 2.14. The minimum absolute atomic E-state index is 0.000718. The van der Waals surface area contributed by atoms with E-state index in [4.69, 9.17) is 4.74 Å². The van der Waals surface area contributed by atoms with Crippen LogP contribution >= 0.6 is 0 Å². The maximum absolute atomic E-state index is 13.5. The molecule has 0 bridgehead atoms. The monoisotopic (exact) mass is 373 g/mol. The zero-order chi connectivity index (χ0) is 19.4. The fraction of sp³-hybridized carbons (Fsp3) is 0.400. The number of carbonyl (C=O) groups excluding carboxylic acids is 1. The van der Waals surface area contributed by atoms with E-state index in [-0.39, 0.29) is 17.6 Å². The van der Waals surface area contributed by atoms with Gasteiger partial charge in [-0.25, -0.2) is 4.39 Å². The minimum atomic E-state index is -0.437. The van der Waals surface area contributed by atoms with E-state index in [1.165, 1.54) is 41.1 Å². The van der Waals surface area contributed by atoms with Gasteiger partial charge in [0.25, 0.3) is 11.5 Å². The molecule has 27 heavy (non-hydrogen) atoms. The quantitative estimate of drug-likeness (QED) is 0.802. The summed E-state index contributed by atoms with van der Waals surface area (Å²) < 4.78 is 20.5. The first-order valence-electron chi connectivity index (χ1n) is 8.98. The molecule has 144 valence electrons. The number of carbonyl (C=O) groups is 1. The summed E-state index contributed by atoms with van der Waals surface area (Å²) in [6, 6.07) is 8.59. The first-order valence-corrected chi connectivity index (χ1v) is 8.98. The second-order valence-corrected chi connectivity index (χ2v) is 6.94. The average Bonchev–Trinajstić information content (AvgIpc) is 2.66. The average molecular weight is 373 g/mol. The molecule has 1 aromatic carbocycles. The second kappa shape index (κ2) is 8.45. The number of hydrogen-bond donors (Lipinski definition) is 0. The van der Waals surface area contributed by atoms with Crippen LogP contribution in [0.2, 0.25) is 0 Å². The summed E-state index contributed by atoms with van der Waals surface area (Å²) >= 11 is 0. The summed E-state index contributed by atoms with van der Waals surface area (Å²) in [5, 5.41) is 0. The van der Waals surface area contributed by atoms with Crippen LogP contribution in [-0.2, 0) is 4.74 Å². The van der Waals surface area contributed by atoms with E-state index in [9.17, 15) is 14.0 Å². The normalized spacial score (nSPS) is 17.3. The molecule has 1 atom stereocenters. The predicted octanol–water partition coefficient (Wildman–Crippen LogP) is 1.77. The number of nitrogens with zero attached hydrogens (tertiary/aromatic N) is 3. The van der Waals surface area contributed by atoms with Crippen molar-refractivity contribution in [1.29, 1.82) is 0 Å². The molecule has 1 fully saturated rings. The molecule has 0 saturated carbocycles. The Labute approximate surface area is 157 Å². The number of ether oxygens (including phenoxy) is 1. The van der Waals surface area contributed by atoms with Crippen molar-refractivity contribution in [2.45, 2.75) is 12.5 Å². The SMILES string of the molecule is CN(C)CCC1CN(C(=O)c2ccc(=O)n(-c3cccc(F)c3)c2)CCO1. The van der Waals surface area contributed by atoms with E-state index >= 15 is 0 Å². The molecule has 1 unspecified atom stereocenters. The van der Waals surface area contributed by atoms with Gasteiger partial charge in [-0.3, -0.25) is 14.2 Å². The van der Waals surface area contributed by atoms with Gasteiger partial charge in [0.05, 0.1) is 24.0 Å². The van der Waals surface area contributed by atoms with Gasteiger partial charge in [0, 0.05) is 31.9 Å². The van der Waals surface area contributed by atoms with Crippen molar-refractivity contribution in [2.24, 2.45) is 0 Å². The molecule has 0 radical (unpaired) electrons. The van der Waals surface area contributed by atoms with E-state index in [0.29, 0.717) is 30.9 Å². The highest BCUT2D eigenvalue weighted by Gasteiger charge is 2.25. The molecule has 1 amide bonds. The Kier molecular flexibility index (Phi) is 6.03. The van der Waals surface area contributed by atoms with Crippen molar-refractivity contribution in [3.8, 4) is 5.69 Å². The second-order valence-electron chi connectivity index (χ2n) is 6.94. The molecule has 1 aliphatic heterocycles. The van der Waals surface area contributed by atoms with E-state index in [1.807, 2.05) is 14.1 Å². The highest BCUT2D eigenvalue weighted by atomic mass is 19.1. The largest absolute Gasteiger partial charge is 0.374 e. The van der Waals surface area contributed by atoms with Gasteiger partial charge in [-0.1, -0.05) is 6.07 Å². The molecule has 1 aliphatic rings. The van der Waals surface area contributed by atoms with Crippen LogP contribution in [0.4, 0.5) is 4.39 Å². The first-order chi connectivity index (χ1) is 12.9. The number of hydrogen-bond acceptors (Lipinski definition) is 4. The Morgan fingerprint density at radius 3 is 2.85 bits per heavy atom. The fourth-order valence-electron chi connectivity index (χ4n) is 3.10. The van der Waals surface area contributed by atoms with Crippen LogP contribution in [0.3, 0.4) is 0 Å². The maximum atomic E-state index is 13.5. The van der Waals surface area contributed by atoms with Crippen molar-refractivity contribution in [1.82, 2.24) is 14.4 Å². The van der Waals surface area contributed by atoms with Crippen molar-refractivity contribution in [3.05, 3.63) is 64.3 Å². The number of morpholine rings is 1. The van der Waals surface area contributed by atoms with Gasteiger partial charge in [0.1, 0.15) is 5.82 Å². The van der Waals surface area contributed by atoms with E-state index in [1.54, 1.807) is 11.0 Å². The summed E-state index contributed by atoms with van der Waals surface area (Å²) in [5.41, 5.74) is 0.468. The molecule has 0 spiro atoms. The zero-order valence-electron chi connectivity index (χ0n) is 15.6. The summed E-state index contributed by atoms with van der Waals surface area (Å²) in [5.74, 6) is -0.591. The van der Waals surface area contributed by atoms with Crippen LogP contribution < -0.4 is 5.56 Å². The molecule has 3 rings (SSSR count). The summed E-state index contributed by atoms with van der Waals surface area (Å²) in [4.78, 5) is 28.9. The lowest BCUT2D eigenvalue weighted by molar-refractivity contribution is -0.0270. The van der Waals surface area contributed by atoms with Gasteiger partial charge in [-0.2, -0.15) is 0 Å². The number of pyridine rings is 1. The van der Waals surface area contributed by atoms with E-state index in [0.717, 1.165) is 13.0 Å². The molecule has 0 aliphatic carbocycles. The van der Waals surface area contributed by atoms with Gasteiger partial charge in [-0.05, 0) is 44.8 Å². The third-order valence-electron chi connectivity index (χ3n) is 4.57. The van der Waals surface area contributed by atoms with E-state index < -0.39 is 5.82 Å². The molecular formula is C20H24FN3O3. The van der Waals surface area contributed by atoms with Crippen LogP contribution in [0.5, 0.6) is 0 Å². The summed E-state index contributed by atoms with van der Waals surface area (Å²) in [6.45, 7) is 2.41. The maximum Gasteiger partial charge on any atom is 0.255 e. The van der Waals surface area contributed by atoms with Crippen molar-refractivity contribution >= 4 is 5.91 Å². The van der Waals surface area contributed by atoms with Crippen molar-refractivity contribution in [3.63, 3.8) is 0 Å².